The van der Waals surface area contributed by atoms with Gasteiger partial charge in [0.15, 0.2) is 5.75 Å². The number of hydrogen-bond acceptors (Lipinski definition) is 3. The molecule has 100 valence electrons. The van der Waals surface area contributed by atoms with Crippen LogP contribution in [0.15, 0.2) is 47.4 Å². The average Bonchev–Trinajstić information content (AvgIpc) is 2.42. The first-order valence-electron chi connectivity index (χ1n) is 5.94. The summed E-state index contributed by atoms with van der Waals surface area (Å²) in [6.45, 7) is 0.951. The van der Waals surface area contributed by atoms with E-state index in [1.165, 1.54) is 0 Å². The van der Waals surface area contributed by atoms with Crippen LogP contribution in [0.25, 0.3) is 0 Å². The van der Waals surface area contributed by atoms with Crippen molar-refractivity contribution < 1.29 is 9.47 Å². The molecular weight excluding hydrogens is 266 g/mol. The van der Waals surface area contributed by atoms with Gasteiger partial charge in [-0.05, 0) is 36.4 Å². The summed E-state index contributed by atoms with van der Waals surface area (Å²) >= 11 is 5.77. The van der Waals surface area contributed by atoms with Crippen molar-refractivity contribution in [1.82, 2.24) is 4.98 Å². The van der Waals surface area contributed by atoms with Gasteiger partial charge >= 0.3 is 0 Å². The lowest BCUT2D eigenvalue weighted by Crippen LogP contribution is -2.12. The number of H-pyrrole nitrogens is 1. The molecule has 1 heterocycles. The van der Waals surface area contributed by atoms with E-state index in [0.29, 0.717) is 30.4 Å². The minimum Gasteiger partial charge on any atom is -0.493 e. The summed E-state index contributed by atoms with van der Waals surface area (Å²) in [5.74, 6) is 1.09. The lowest BCUT2D eigenvalue weighted by molar-refractivity contribution is 0.245. The first-order valence-corrected chi connectivity index (χ1v) is 6.32. The number of halogens is 1. The van der Waals surface area contributed by atoms with Crippen LogP contribution < -0.4 is 15.0 Å². The normalized spacial score (nSPS) is 10.2. The quantitative estimate of drug-likeness (QED) is 0.827. The van der Waals surface area contributed by atoms with Crippen LogP contribution >= 0.6 is 11.6 Å². The Bertz CT molecular complexity index is 565. The second kappa shape index (κ2) is 6.85. The second-order valence-corrected chi connectivity index (χ2v) is 4.30. The van der Waals surface area contributed by atoms with Crippen molar-refractivity contribution in [3.8, 4) is 11.5 Å². The van der Waals surface area contributed by atoms with E-state index in [4.69, 9.17) is 21.1 Å². The lowest BCUT2D eigenvalue weighted by Gasteiger charge is -2.07. The van der Waals surface area contributed by atoms with Crippen molar-refractivity contribution in [1.29, 1.82) is 0 Å². The number of rotatable bonds is 6. The number of hydrogen-bond donors (Lipinski definition) is 1. The van der Waals surface area contributed by atoms with Gasteiger partial charge in [0.25, 0.3) is 5.56 Å². The van der Waals surface area contributed by atoms with Crippen molar-refractivity contribution in [2.45, 2.75) is 6.42 Å². The fourth-order valence-electron chi connectivity index (χ4n) is 1.48. The smallest absolute Gasteiger partial charge is 0.290 e. The van der Waals surface area contributed by atoms with E-state index in [9.17, 15) is 4.79 Å². The Morgan fingerprint density at radius 2 is 1.79 bits per heavy atom. The van der Waals surface area contributed by atoms with Crippen molar-refractivity contribution in [2.75, 3.05) is 13.2 Å². The van der Waals surface area contributed by atoms with Crippen molar-refractivity contribution >= 4 is 11.6 Å². The zero-order valence-corrected chi connectivity index (χ0v) is 11.0. The predicted octanol–water partition coefficient (Wildman–Crippen LogP) is 2.88. The SMILES string of the molecule is O=c1[nH]cccc1OCCCOc1ccc(Cl)cc1. The van der Waals surface area contributed by atoms with Crippen LogP contribution in [0.5, 0.6) is 11.5 Å². The molecule has 0 aliphatic rings. The molecule has 1 aromatic heterocycles. The van der Waals surface area contributed by atoms with Gasteiger partial charge in [-0.1, -0.05) is 11.6 Å². The van der Waals surface area contributed by atoms with Gasteiger partial charge in [0.1, 0.15) is 5.75 Å². The molecule has 0 bridgehead atoms. The topological polar surface area (TPSA) is 51.3 Å². The van der Waals surface area contributed by atoms with Crippen LogP contribution in [-0.2, 0) is 0 Å². The summed E-state index contributed by atoms with van der Waals surface area (Å²) in [5.41, 5.74) is -0.221. The maximum Gasteiger partial charge on any atom is 0.290 e. The highest BCUT2D eigenvalue weighted by Gasteiger charge is 1.99. The number of pyridine rings is 1. The van der Waals surface area contributed by atoms with Crippen LogP contribution in [0.2, 0.25) is 5.02 Å². The number of ether oxygens (including phenoxy) is 2. The molecule has 0 aliphatic heterocycles. The zero-order chi connectivity index (χ0) is 13.5. The second-order valence-electron chi connectivity index (χ2n) is 3.87. The fraction of sp³-hybridized carbons (Fsp3) is 0.214. The molecule has 5 heteroatoms. The van der Waals surface area contributed by atoms with E-state index in [0.717, 1.165) is 5.75 Å². The Balaban J connectivity index is 1.69. The van der Waals surface area contributed by atoms with Crippen LogP contribution in [0, 0.1) is 0 Å². The van der Waals surface area contributed by atoms with Gasteiger partial charge in [-0.2, -0.15) is 0 Å². The predicted molar refractivity (Wildman–Crippen MR) is 74.1 cm³/mol. The van der Waals surface area contributed by atoms with Gasteiger partial charge in [0.2, 0.25) is 0 Å². The Morgan fingerprint density at radius 3 is 2.53 bits per heavy atom. The van der Waals surface area contributed by atoms with E-state index in [-0.39, 0.29) is 5.56 Å². The molecule has 0 amide bonds. The third-order valence-corrected chi connectivity index (χ3v) is 2.66. The van der Waals surface area contributed by atoms with Gasteiger partial charge in [0, 0.05) is 17.6 Å². The molecule has 0 aliphatic carbocycles. The summed E-state index contributed by atoms with van der Waals surface area (Å²) in [6, 6.07) is 10.5. The minimum atomic E-state index is -0.221. The molecule has 1 aromatic carbocycles. The molecule has 0 spiro atoms. The molecule has 2 rings (SSSR count). The van der Waals surface area contributed by atoms with E-state index in [2.05, 4.69) is 4.98 Å². The Morgan fingerprint density at radius 1 is 1.05 bits per heavy atom. The maximum absolute atomic E-state index is 11.3. The number of aromatic amines is 1. The molecule has 1 N–H and O–H groups in total. The lowest BCUT2D eigenvalue weighted by atomic mass is 10.3. The van der Waals surface area contributed by atoms with Crippen molar-refractivity contribution in [3.63, 3.8) is 0 Å². The number of aromatic nitrogens is 1. The maximum atomic E-state index is 11.3. The number of benzene rings is 1. The number of nitrogens with one attached hydrogen (secondary N) is 1. The molecule has 0 saturated carbocycles. The standard InChI is InChI=1S/C14H14ClNO3/c15-11-4-6-12(7-5-11)18-9-2-10-19-13-3-1-8-16-14(13)17/h1,3-8H,2,9-10H2,(H,16,17). The van der Waals surface area contributed by atoms with Crippen LogP contribution in [0.3, 0.4) is 0 Å². The molecule has 0 fully saturated rings. The molecule has 19 heavy (non-hydrogen) atoms. The summed E-state index contributed by atoms with van der Waals surface area (Å²) in [5, 5.41) is 0.680. The minimum absolute atomic E-state index is 0.221. The van der Waals surface area contributed by atoms with Gasteiger partial charge in [-0.15, -0.1) is 0 Å². The highest BCUT2D eigenvalue weighted by atomic mass is 35.5. The first kappa shape index (κ1) is 13.5. The van der Waals surface area contributed by atoms with Gasteiger partial charge in [-0.25, -0.2) is 0 Å². The van der Waals surface area contributed by atoms with Gasteiger partial charge < -0.3 is 14.5 Å². The van der Waals surface area contributed by atoms with Crippen molar-refractivity contribution in [2.24, 2.45) is 0 Å². The van der Waals surface area contributed by atoms with Gasteiger partial charge in [0.05, 0.1) is 13.2 Å². The third-order valence-electron chi connectivity index (χ3n) is 2.41. The fourth-order valence-corrected chi connectivity index (χ4v) is 1.61. The molecule has 0 unspecified atom stereocenters. The summed E-state index contributed by atoms with van der Waals surface area (Å²) in [7, 11) is 0. The zero-order valence-electron chi connectivity index (χ0n) is 10.3. The first-order chi connectivity index (χ1) is 9.25. The molecule has 0 saturated heterocycles. The van der Waals surface area contributed by atoms with E-state index in [1.54, 1.807) is 30.5 Å². The van der Waals surface area contributed by atoms with Crippen LogP contribution in [0.4, 0.5) is 0 Å². The molecular formula is C14H14ClNO3. The Hall–Kier alpha value is -1.94. The van der Waals surface area contributed by atoms with E-state index in [1.807, 2.05) is 12.1 Å². The highest BCUT2D eigenvalue weighted by molar-refractivity contribution is 6.30. The van der Waals surface area contributed by atoms with E-state index >= 15 is 0 Å². The molecule has 0 atom stereocenters. The van der Waals surface area contributed by atoms with E-state index < -0.39 is 0 Å². The Kier molecular flexibility index (Phi) is 4.86. The van der Waals surface area contributed by atoms with Crippen LogP contribution in [0.1, 0.15) is 6.42 Å². The average molecular weight is 280 g/mol. The van der Waals surface area contributed by atoms with Gasteiger partial charge in [-0.3, -0.25) is 4.79 Å². The van der Waals surface area contributed by atoms with Crippen molar-refractivity contribution in [3.05, 3.63) is 58.0 Å². The monoisotopic (exact) mass is 279 g/mol. The summed E-state index contributed by atoms with van der Waals surface area (Å²) in [4.78, 5) is 13.9. The summed E-state index contributed by atoms with van der Waals surface area (Å²) in [6.07, 6.45) is 2.26. The highest BCUT2D eigenvalue weighted by Crippen LogP contribution is 2.15. The molecule has 2 aromatic rings. The summed E-state index contributed by atoms with van der Waals surface area (Å²) < 4.78 is 10.9. The Labute approximate surface area is 115 Å². The molecule has 4 nitrogen and oxygen atoms in total. The third kappa shape index (κ3) is 4.34. The molecule has 0 radical (unpaired) electrons. The van der Waals surface area contributed by atoms with Crippen LogP contribution in [-0.4, -0.2) is 18.2 Å². The largest absolute Gasteiger partial charge is 0.493 e.